The van der Waals surface area contributed by atoms with E-state index >= 15 is 0 Å². The summed E-state index contributed by atoms with van der Waals surface area (Å²) in [6, 6.07) is 12.5. The molecule has 0 aliphatic rings. The monoisotopic (exact) mass is 382 g/mol. The van der Waals surface area contributed by atoms with E-state index in [2.05, 4.69) is 10.3 Å². The summed E-state index contributed by atoms with van der Waals surface area (Å²) in [5.74, 6) is 2.09. The number of methoxy groups -OCH3 is 3. The zero-order chi connectivity index (χ0) is 20.1. The zero-order valence-electron chi connectivity index (χ0n) is 16.2. The van der Waals surface area contributed by atoms with E-state index in [1.807, 2.05) is 25.1 Å². The Hall–Kier alpha value is -3.48. The average molecular weight is 382 g/mol. The van der Waals surface area contributed by atoms with Crippen LogP contribution in [0, 0.1) is 6.92 Å². The fourth-order valence-electron chi connectivity index (χ4n) is 2.80. The molecule has 0 fully saturated rings. The van der Waals surface area contributed by atoms with Gasteiger partial charge in [0.2, 0.25) is 0 Å². The van der Waals surface area contributed by atoms with Gasteiger partial charge in [0.25, 0.3) is 5.91 Å². The molecule has 146 valence electrons. The van der Waals surface area contributed by atoms with Gasteiger partial charge < -0.3 is 24.3 Å². The third kappa shape index (κ3) is 4.25. The Morgan fingerprint density at radius 3 is 2.43 bits per heavy atom. The van der Waals surface area contributed by atoms with Crippen LogP contribution >= 0.6 is 0 Å². The Labute approximate surface area is 163 Å². The normalized spacial score (nSPS) is 10.4. The molecule has 0 unspecified atom stereocenters. The molecule has 1 aromatic heterocycles. The van der Waals surface area contributed by atoms with Crippen LogP contribution in [-0.2, 0) is 4.79 Å². The van der Waals surface area contributed by atoms with E-state index in [1.54, 1.807) is 38.5 Å². The van der Waals surface area contributed by atoms with Crippen LogP contribution in [0.1, 0.15) is 5.69 Å². The van der Waals surface area contributed by atoms with E-state index < -0.39 is 0 Å². The van der Waals surface area contributed by atoms with Crippen LogP contribution in [0.2, 0.25) is 0 Å². The summed E-state index contributed by atoms with van der Waals surface area (Å²) >= 11 is 0. The largest absolute Gasteiger partial charge is 0.497 e. The van der Waals surface area contributed by atoms with Crippen molar-refractivity contribution < 1.29 is 23.7 Å². The number of hydrogen-bond acceptors (Lipinski definition) is 6. The molecule has 28 heavy (non-hydrogen) atoms. The van der Waals surface area contributed by atoms with Crippen LogP contribution in [0.15, 0.2) is 42.5 Å². The molecule has 3 aromatic rings. The maximum atomic E-state index is 12.3. The Morgan fingerprint density at radius 2 is 1.71 bits per heavy atom. The molecular formula is C21H22N2O5. The average Bonchev–Trinajstić information content (AvgIpc) is 2.71. The molecule has 1 heterocycles. The van der Waals surface area contributed by atoms with Crippen molar-refractivity contribution in [2.75, 3.05) is 33.3 Å². The van der Waals surface area contributed by atoms with E-state index in [0.29, 0.717) is 28.7 Å². The number of rotatable bonds is 7. The molecule has 1 N–H and O–H groups in total. The van der Waals surface area contributed by atoms with Gasteiger partial charge in [0.05, 0.1) is 26.8 Å². The molecule has 0 aliphatic heterocycles. The van der Waals surface area contributed by atoms with Crippen molar-refractivity contribution >= 4 is 22.5 Å². The number of pyridine rings is 1. The smallest absolute Gasteiger partial charge is 0.262 e. The second-order valence-electron chi connectivity index (χ2n) is 6.05. The molecular weight excluding hydrogens is 360 g/mol. The van der Waals surface area contributed by atoms with Gasteiger partial charge in [0.1, 0.15) is 11.5 Å². The molecule has 0 radical (unpaired) electrons. The lowest BCUT2D eigenvalue weighted by Gasteiger charge is -2.13. The summed E-state index contributed by atoms with van der Waals surface area (Å²) < 4.78 is 21.5. The predicted octanol–water partition coefficient (Wildman–Crippen LogP) is 3.59. The summed E-state index contributed by atoms with van der Waals surface area (Å²) in [7, 11) is 4.69. The molecule has 0 aliphatic carbocycles. The lowest BCUT2D eigenvalue weighted by molar-refractivity contribution is -0.118. The predicted molar refractivity (Wildman–Crippen MR) is 107 cm³/mol. The van der Waals surface area contributed by atoms with Gasteiger partial charge in [0.15, 0.2) is 18.1 Å². The van der Waals surface area contributed by atoms with Gasteiger partial charge in [-0.25, -0.2) is 0 Å². The van der Waals surface area contributed by atoms with Crippen LogP contribution < -0.4 is 24.3 Å². The summed E-state index contributed by atoms with van der Waals surface area (Å²) in [5, 5.41) is 3.56. The zero-order valence-corrected chi connectivity index (χ0v) is 16.2. The number of amides is 1. The van der Waals surface area contributed by atoms with Gasteiger partial charge in [-0.15, -0.1) is 0 Å². The first-order valence-electron chi connectivity index (χ1n) is 8.64. The van der Waals surface area contributed by atoms with E-state index in [0.717, 1.165) is 16.6 Å². The highest BCUT2D eigenvalue weighted by Crippen LogP contribution is 2.30. The minimum atomic E-state index is -0.294. The van der Waals surface area contributed by atoms with Crippen LogP contribution in [0.5, 0.6) is 23.0 Å². The minimum absolute atomic E-state index is 0.149. The number of ether oxygens (including phenoxy) is 4. The quantitative estimate of drug-likeness (QED) is 0.673. The third-order valence-electron chi connectivity index (χ3n) is 4.13. The number of nitrogens with one attached hydrogen (secondary N) is 1. The summed E-state index contributed by atoms with van der Waals surface area (Å²) in [4.78, 5) is 16.8. The standard InChI is InChI=1S/C21H22N2O5/c1-13-9-19(16-11-15(25-2)6-7-17(16)22-13)28-12-21(24)23-14-5-8-18(26-3)20(10-14)27-4/h5-11H,12H2,1-4H3,(H,23,24). The number of nitrogens with zero attached hydrogens (tertiary/aromatic N) is 1. The second kappa shape index (κ2) is 8.47. The maximum Gasteiger partial charge on any atom is 0.262 e. The van der Waals surface area contributed by atoms with Gasteiger partial charge in [-0.3, -0.25) is 9.78 Å². The van der Waals surface area contributed by atoms with Crippen molar-refractivity contribution in [1.82, 2.24) is 4.98 Å². The van der Waals surface area contributed by atoms with E-state index in [9.17, 15) is 4.79 Å². The van der Waals surface area contributed by atoms with Crippen molar-refractivity contribution in [3.63, 3.8) is 0 Å². The van der Waals surface area contributed by atoms with E-state index in [4.69, 9.17) is 18.9 Å². The van der Waals surface area contributed by atoms with Crippen molar-refractivity contribution in [2.45, 2.75) is 6.92 Å². The molecule has 0 saturated heterocycles. The minimum Gasteiger partial charge on any atom is -0.497 e. The molecule has 0 saturated carbocycles. The van der Waals surface area contributed by atoms with Gasteiger partial charge in [-0.1, -0.05) is 0 Å². The number of carbonyl (C=O) groups is 1. The SMILES string of the molecule is COc1ccc2nc(C)cc(OCC(=O)Nc3ccc(OC)c(OC)c3)c2c1. The van der Waals surface area contributed by atoms with Crippen LogP contribution in [0.4, 0.5) is 5.69 Å². The molecule has 7 nitrogen and oxygen atoms in total. The number of aromatic nitrogens is 1. The summed E-state index contributed by atoms with van der Waals surface area (Å²) in [6.45, 7) is 1.73. The topological polar surface area (TPSA) is 78.9 Å². The van der Waals surface area contributed by atoms with Crippen LogP contribution in [0.25, 0.3) is 10.9 Å². The lowest BCUT2D eigenvalue weighted by Crippen LogP contribution is -2.20. The third-order valence-corrected chi connectivity index (χ3v) is 4.13. The Bertz CT molecular complexity index is 1000. The first-order chi connectivity index (χ1) is 13.5. The van der Waals surface area contributed by atoms with E-state index in [1.165, 1.54) is 7.11 Å². The fraction of sp³-hybridized carbons (Fsp3) is 0.238. The summed E-state index contributed by atoms with van der Waals surface area (Å²) in [6.07, 6.45) is 0. The van der Waals surface area contributed by atoms with E-state index in [-0.39, 0.29) is 12.5 Å². The Balaban J connectivity index is 1.74. The highest BCUT2D eigenvalue weighted by atomic mass is 16.5. The molecule has 0 bridgehead atoms. The Morgan fingerprint density at radius 1 is 0.929 bits per heavy atom. The van der Waals surface area contributed by atoms with Crippen molar-refractivity contribution in [3.8, 4) is 23.0 Å². The molecule has 7 heteroatoms. The lowest BCUT2D eigenvalue weighted by atomic mass is 10.1. The van der Waals surface area contributed by atoms with Gasteiger partial charge >= 0.3 is 0 Å². The fourth-order valence-corrected chi connectivity index (χ4v) is 2.80. The number of carbonyl (C=O) groups excluding carboxylic acids is 1. The van der Waals surface area contributed by atoms with Gasteiger partial charge in [-0.05, 0) is 37.3 Å². The number of benzene rings is 2. The van der Waals surface area contributed by atoms with Crippen LogP contribution in [-0.4, -0.2) is 38.8 Å². The number of aryl methyl sites for hydroxylation is 1. The van der Waals surface area contributed by atoms with Gasteiger partial charge in [0, 0.05) is 28.9 Å². The number of anilines is 1. The van der Waals surface area contributed by atoms with Crippen molar-refractivity contribution in [3.05, 3.63) is 48.2 Å². The molecule has 0 atom stereocenters. The number of fused-ring (bicyclic) bond motifs is 1. The molecule has 1 amide bonds. The molecule has 2 aromatic carbocycles. The number of hydrogen-bond donors (Lipinski definition) is 1. The van der Waals surface area contributed by atoms with Crippen molar-refractivity contribution in [1.29, 1.82) is 0 Å². The maximum absolute atomic E-state index is 12.3. The highest BCUT2D eigenvalue weighted by Gasteiger charge is 2.11. The second-order valence-corrected chi connectivity index (χ2v) is 6.05. The first-order valence-corrected chi connectivity index (χ1v) is 8.64. The molecule has 0 spiro atoms. The summed E-state index contributed by atoms with van der Waals surface area (Å²) in [5.41, 5.74) is 2.16. The van der Waals surface area contributed by atoms with Crippen LogP contribution in [0.3, 0.4) is 0 Å². The molecule has 3 rings (SSSR count). The highest BCUT2D eigenvalue weighted by molar-refractivity contribution is 5.93. The van der Waals surface area contributed by atoms with Crippen molar-refractivity contribution in [2.24, 2.45) is 0 Å². The Kier molecular flexibility index (Phi) is 5.84. The first kappa shape index (κ1) is 19.3. The van der Waals surface area contributed by atoms with Gasteiger partial charge in [-0.2, -0.15) is 0 Å².